The van der Waals surface area contributed by atoms with Crippen LogP contribution < -0.4 is 0 Å². The van der Waals surface area contributed by atoms with Crippen LogP contribution in [0.4, 0.5) is 0 Å². The molecule has 2 aromatic rings. The van der Waals surface area contributed by atoms with Crippen LogP contribution in [0.2, 0.25) is 0 Å². The standard InChI is InChI=1S/C14H10N2S3/c1-2-5-9(6-3-1)12-15-11-14(18-12)19-13(16-11)10-7-4-8-17-10/h1-8,11,14H/t11-,14+/m1/s1. The molecule has 2 atom stereocenters. The Morgan fingerprint density at radius 2 is 1.63 bits per heavy atom. The van der Waals surface area contributed by atoms with Gasteiger partial charge in [0.05, 0.1) is 4.88 Å². The normalized spacial score (nSPS) is 25.1. The lowest BCUT2D eigenvalue weighted by Gasteiger charge is -2.03. The Morgan fingerprint density at radius 3 is 2.37 bits per heavy atom. The van der Waals surface area contributed by atoms with Crippen molar-refractivity contribution in [1.82, 2.24) is 0 Å². The number of rotatable bonds is 2. The van der Waals surface area contributed by atoms with E-state index in [2.05, 4.69) is 41.8 Å². The highest BCUT2D eigenvalue weighted by atomic mass is 32.2. The molecule has 4 rings (SSSR count). The van der Waals surface area contributed by atoms with Gasteiger partial charge in [0, 0.05) is 5.56 Å². The van der Waals surface area contributed by atoms with Crippen molar-refractivity contribution in [2.24, 2.45) is 9.98 Å². The second-order valence-electron chi connectivity index (χ2n) is 4.23. The third-order valence-electron chi connectivity index (χ3n) is 2.95. The number of hydrogen-bond acceptors (Lipinski definition) is 5. The minimum absolute atomic E-state index is 0.0855. The zero-order valence-corrected chi connectivity index (χ0v) is 12.3. The maximum absolute atomic E-state index is 4.76. The molecule has 2 nitrogen and oxygen atoms in total. The highest BCUT2D eigenvalue weighted by Gasteiger charge is 2.37. The zero-order chi connectivity index (χ0) is 12.7. The molecule has 0 aliphatic carbocycles. The van der Waals surface area contributed by atoms with Gasteiger partial charge in [0.25, 0.3) is 0 Å². The second kappa shape index (κ2) is 4.81. The first-order chi connectivity index (χ1) is 9.40. The Balaban J connectivity index is 1.62. The fraction of sp³-hybridized carbons (Fsp3) is 0.143. The van der Waals surface area contributed by atoms with Crippen LogP contribution in [0, 0.1) is 0 Å². The zero-order valence-electron chi connectivity index (χ0n) is 9.89. The Kier molecular flexibility index (Phi) is 2.98. The minimum atomic E-state index is 0.0855. The molecular weight excluding hydrogens is 292 g/mol. The summed E-state index contributed by atoms with van der Waals surface area (Å²) in [5, 5.41) is 4.36. The minimum Gasteiger partial charge on any atom is -0.249 e. The first-order valence-corrected chi connectivity index (χ1v) is 8.62. The van der Waals surface area contributed by atoms with E-state index < -0.39 is 0 Å². The second-order valence-corrected chi connectivity index (χ2v) is 7.74. The predicted molar refractivity (Wildman–Crippen MR) is 86.6 cm³/mol. The Labute approximate surface area is 124 Å². The Bertz CT molecular complexity index is 647. The van der Waals surface area contributed by atoms with Gasteiger partial charge in [-0.3, -0.25) is 0 Å². The van der Waals surface area contributed by atoms with Gasteiger partial charge in [0.1, 0.15) is 14.7 Å². The topological polar surface area (TPSA) is 24.7 Å². The molecule has 0 spiro atoms. The van der Waals surface area contributed by atoms with E-state index in [1.54, 1.807) is 11.3 Å². The van der Waals surface area contributed by atoms with E-state index in [1.165, 1.54) is 10.4 Å². The van der Waals surface area contributed by atoms with Crippen molar-refractivity contribution in [3.63, 3.8) is 0 Å². The quantitative estimate of drug-likeness (QED) is 0.834. The highest BCUT2D eigenvalue weighted by Crippen LogP contribution is 2.44. The summed E-state index contributed by atoms with van der Waals surface area (Å²) >= 11 is 5.43. The van der Waals surface area contributed by atoms with Gasteiger partial charge in [-0.25, -0.2) is 9.98 Å². The van der Waals surface area contributed by atoms with Crippen LogP contribution >= 0.6 is 34.9 Å². The number of thiophene rings is 1. The molecule has 2 aliphatic heterocycles. The first kappa shape index (κ1) is 11.8. The van der Waals surface area contributed by atoms with Crippen molar-refractivity contribution in [2.45, 2.75) is 10.7 Å². The molecule has 2 aliphatic rings. The molecule has 19 heavy (non-hydrogen) atoms. The third kappa shape index (κ3) is 2.16. The van der Waals surface area contributed by atoms with Gasteiger partial charge in [0.15, 0.2) is 6.17 Å². The van der Waals surface area contributed by atoms with Crippen LogP contribution in [0.15, 0.2) is 57.8 Å². The summed E-state index contributed by atoms with van der Waals surface area (Å²) in [6.07, 6.45) is 0.0855. The fourth-order valence-corrected chi connectivity index (χ4v) is 5.43. The van der Waals surface area contributed by atoms with Crippen LogP contribution in [0.5, 0.6) is 0 Å². The molecule has 0 radical (unpaired) electrons. The molecule has 0 unspecified atom stereocenters. The van der Waals surface area contributed by atoms with Crippen LogP contribution in [0.1, 0.15) is 10.4 Å². The molecule has 1 aromatic carbocycles. The summed E-state index contributed by atoms with van der Waals surface area (Å²) < 4.78 is 0.410. The van der Waals surface area contributed by atoms with Crippen molar-refractivity contribution in [3.05, 3.63) is 58.3 Å². The average Bonchev–Trinajstić information content (AvgIpc) is 3.14. The number of aliphatic imine (C=N–C) groups is 2. The molecule has 0 saturated heterocycles. The molecule has 5 heteroatoms. The number of nitrogens with zero attached hydrogens (tertiary/aromatic N) is 2. The molecule has 0 bridgehead atoms. The lowest BCUT2D eigenvalue weighted by atomic mass is 10.2. The average molecular weight is 302 g/mol. The molecule has 0 saturated carbocycles. The van der Waals surface area contributed by atoms with Gasteiger partial charge in [-0.2, -0.15) is 0 Å². The Hall–Kier alpha value is -1.04. The van der Waals surface area contributed by atoms with Crippen molar-refractivity contribution < 1.29 is 0 Å². The number of benzene rings is 1. The number of fused-ring (bicyclic) bond motifs is 1. The number of thioether (sulfide) groups is 2. The van der Waals surface area contributed by atoms with Gasteiger partial charge < -0.3 is 0 Å². The molecule has 3 heterocycles. The monoisotopic (exact) mass is 302 g/mol. The van der Waals surface area contributed by atoms with E-state index >= 15 is 0 Å². The SMILES string of the molecule is c1ccc(C2=N[C@@H]3N=C(c4cccs4)S[C@@H]3S2)cc1. The molecular formula is C14H10N2S3. The van der Waals surface area contributed by atoms with E-state index in [4.69, 9.17) is 9.98 Å². The van der Waals surface area contributed by atoms with Crippen molar-refractivity contribution in [2.75, 3.05) is 0 Å². The summed E-state index contributed by atoms with van der Waals surface area (Å²) in [4.78, 5) is 10.8. The van der Waals surface area contributed by atoms with Gasteiger partial charge in [0.2, 0.25) is 0 Å². The Morgan fingerprint density at radius 1 is 0.842 bits per heavy atom. The van der Waals surface area contributed by atoms with Gasteiger partial charge in [-0.15, -0.1) is 11.3 Å². The highest BCUT2D eigenvalue weighted by molar-refractivity contribution is 8.31. The summed E-state index contributed by atoms with van der Waals surface area (Å²) in [6, 6.07) is 14.6. The van der Waals surface area contributed by atoms with Gasteiger partial charge in [-0.1, -0.05) is 59.9 Å². The van der Waals surface area contributed by atoms with Crippen LogP contribution in [-0.4, -0.2) is 20.8 Å². The van der Waals surface area contributed by atoms with Crippen LogP contribution in [-0.2, 0) is 0 Å². The number of hydrogen-bond donors (Lipinski definition) is 0. The van der Waals surface area contributed by atoms with Crippen molar-refractivity contribution in [1.29, 1.82) is 0 Å². The summed E-state index contributed by atoms with van der Waals surface area (Å²) in [5.41, 5.74) is 1.20. The fourth-order valence-electron chi connectivity index (χ4n) is 2.06. The largest absolute Gasteiger partial charge is 0.249 e. The van der Waals surface area contributed by atoms with Gasteiger partial charge in [-0.05, 0) is 11.4 Å². The lowest BCUT2D eigenvalue weighted by Crippen LogP contribution is -2.03. The van der Waals surface area contributed by atoms with E-state index in [-0.39, 0.29) is 6.17 Å². The smallest absolute Gasteiger partial charge is 0.163 e. The van der Waals surface area contributed by atoms with Crippen LogP contribution in [0.25, 0.3) is 0 Å². The molecule has 1 aromatic heterocycles. The van der Waals surface area contributed by atoms with E-state index in [1.807, 2.05) is 29.6 Å². The summed E-state index contributed by atoms with van der Waals surface area (Å²) in [6.45, 7) is 0. The van der Waals surface area contributed by atoms with E-state index in [9.17, 15) is 0 Å². The molecule has 0 amide bonds. The molecule has 94 valence electrons. The maximum atomic E-state index is 4.76. The van der Waals surface area contributed by atoms with E-state index in [0.717, 1.165) is 10.1 Å². The molecule has 0 N–H and O–H groups in total. The summed E-state index contributed by atoms with van der Waals surface area (Å²) in [7, 11) is 0. The lowest BCUT2D eigenvalue weighted by molar-refractivity contribution is 0.809. The maximum Gasteiger partial charge on any atom is 0.163 e. The van der Waals surface area contributed by atoms with Crippen molar-refractivity contribution >= 4 is 44.9 Å². The van der Waals surface area contributed by atoms with E-state index in [0.29, 0.717) is 4.58 Å². The molecule has 0 fully saturated rings. The van der Waals surface area contributed by atoms with Crippen molar-refractivity contribution in [3.8, 4) is 0 Å². The van der Waals surface area contributed by atoms with Crippen LogP contribution in [0.3, 0.4) is 0 Å². The third-order valence-corrected chi connectivity index (χ3v) is 6.60. The van der Waals surface area contributed by atoms with Gasteiger partial charge >= 0.3 is 0 Å². The summed E-state index contributed by atoms with van der Waals surface area (Å²) in [5.74, 6) is 0. The first-order valence-electron chi connectivity index (χ1n) is 5.98. The predicted octanol–water partition coefficient (Wildman–Crippen LogP) is 4.09.